The molecule has 7 heteroatoms. The molecule has 0 aliphatic carbocycles. The number of methoxy groups -OCH3 is 1. The first kappa shape index (κ1) is 19.3. The highest BCUT2D eigenvalue weighted by atomic mass is 35.5. The minimum Gasteiger partial charge on any atom is -0.383 e. The Morgan fingerprint density at radius 2 is 2.08 bits per heavy atom. The van der Waals surface area contributed by atoms with Gasteiger partial charge in [0.05, 0.1) is 18.8 Å². The highest BCUT2D eigenvalue weighted by molar-refractivity contribution is 6.31. The van der Waals surface area contributed by atoms with Gasteiger partial charge in [0, 0.05) is 43.5 Å². The predicted octanol–water partition coefficient (Wildman–Crippen LogP) is 3.14. The number of hydrogen-bond donors (Lipinski definition) is 1. The summed E-state index contributed by atoms with van der Waals surface area (Å²) in [6.07, 6.45) is 0. The van der Waals surface area contributed by atoms with Crippen LogP contribution in [0.3, 0.4) is 0 Å². The van der Waals surface area contributed by atoms with E-state index in [1.165, 1.54) is 0 Å². The number of nitrogens with one attached hydrogen (secondary N) is 1. The van der Waals surface area contributed by atoms with E-state index in [0.717, 1.165) is 22.5 Å². The third-order valence-electron chi connectivity index (χ3n) is 4.17. The van der Waals surface area contributed by atoms with E-state index in [2.05, 4.69) is 10.4 Å². The van der Waals surface area contributed by atoms with Crippen LogP contribution in [0.5, 0.6) is 0 Å². The predicted molar refractivity (Wildman–Crippen MR) is 98.7 cm³/mol. The molecule has 1 aromatic carbocycles. The first-order valence-electron chi connectivity index (χ1n) is 8.18. The van der Waals surface area contributed by atoms with E-state index >= 15 is 0 Å². The molecule has 136 valence electrons. The summed E-state index contributed by atoms with van der Waals surface area (Å²) in [5, 5.41) is 8.11. The van der Waals surface area contributed by atoms with Crippen molar-refractivity contribution >= 4 is 17.6 Å². The maximum atomic E-state index is 12.4. The molecule has 1 aromatic heterocycles. The summed E-state index contributed by atoms with van der Waals surface area (Å²) in [6, 6.07) is 7.37. The molecule has 0 saturated heterocycles. The van der Waals surface area contributed by atoms with Crippen molar-refractivity contribution in [3.63, 3.8) is 0 Å². The first-order chi connectivity index (χ1) is 11.9. The smallest absolute Gasteiger partial charge is 0.317 e. The number of urea groups is 1. The molecule has 0 aliphatic heterocycles. The third kappa shape index (κ3) is 4.96. The Labute approximate surface area is 153 Å². The largest absolute Gasteiger partial charge is 0.383 e. The summed E-state index contributed by atoms with van der Waals surface area (Å²) < 4.78 is 7.01. The minimum atomic E-state index is -0.150. The van der Waals surface area contributed by atoms with Gasteiger partial charge in [-0.05, 0) is 25.5 Å². The molecule has 25 heavy (non-hydrogen) atoms. The zero-order valence-corrected chi connectivity index (χ0v) is 15.9. The lowest BCUT2D eigenvalue weighted by Gasteiger charge is -2.19. The second-order valence-electron chi connectivity index (χ2n) is 5.97. The average Bonchev–Trinajstić information content (AvgIpc) is 2.86. The number of rotatable bonds is 7. The van der Waals surface area contributed by atoms with Gasteiger partial charge in [-0.15, -0.1) is 0 Å². The number of carbonyl (C=O) groups excluding carboxylic acids is 1. The van der Waals surface area contributed by atoms with Crippen molar-refractivity contribution in [1.82, 2.24) is 20.0 Å². The van der Waals surface area contributed by atoms with Gasteiger partial charge < -0.3 is 15.0 Å². The monoisotopic (exact) mass is 364 g/mol. The quantitative estimate of drug-likeness (QED) is 0.821. The van der Waals surface area contributed by atoms with Crippen LogP contribution in [-0.2, 0) is 24.4 Å². The lowest BCUT2D eigenvalue weighted by Crippen LogP contribution is -2.36. The van der Waals surface area contributed by atoms with Crippen molar-refractivity contribution in [3.05, 3.63) is 51.8 Å². The highest BCUT2D eigenvalue weighted by Crippen LogP contribution is 2.17. The van der Waals surface area contributed by atoms with E-state index in [9.17, 15) is 4.79 Å². The Bertz CT molecular complexity index is 730. The van der Waals surface area contributed by atoms with Crippen molar-refractivity contribution in [1.29, 1.82) is 0 Å². The second kappa shape index (κ2) is 8.87. The standard InChI is InChI=1S/C18H25ClN4O2/c1-13-16(14(2)23(21-13)9-10-25-4)11-20-18(24)22(3)12-15-7-5-6-8-17(15)19/h5-8H,9-12H2,1-4H3,(H,20,24). The molecule has 2 amide bonds. The summed E-state index contributed by atoms with van der Waals surface area (Å²) in [5.74, 6) is 0. The zero-order valence-electron chi connectivity index (χ0n) is 15.2. The molecule has 0 bridgehead atoms. The Balaban J connectivity index is 1.95. The number of aromatic nitrogens is 2. The zero-order chi connectivity index (χ0) is 18.4. The number of aryl methyl sites for hydroxylation is 1. The molecule has 0 aliphatic rings. The summed E-state index contributed by atoms with van der Waals surface area (Å²) in [4.78, 5) is 14.0. The van der Waals surface area contributed by atoms with Crippen molar-refractivity contribution in [2.75, 3.05) is 20.8 Å². The molecular formula is C18H25ClN4O2. The molecule has 0 saturated carbocycles. The van der Waals surface area contributed by atoms with Gasteiger partial charge in [0.25, 0.3) is 0 Å². The van der Waals surface area contributed by atoms with E-state index in [4.69, 9.17) is 16.3 Å². The van der Waals surface area contributed by atoms with E-state index in [1.54, 1.807) is 19.1 Å². The van der Waals surface area contributed by atoms with Crippen LogP contribution in [0.25, 0.3) is 0 Å². The number of carbonyl (C=O) groups is 1. The first-order valence-corrected chi connectivity index (χ1v) is 8.56. The molecule has 6 nitrogen and oxygen atoms in total. The van der Waals surface area contributed by atoms with Gasteiger partial charge in [-0.3, -0.25) is 4.68 Å². The van der Waals surface area contributed by atoms with Gasteiger partial charge in [-0.2, -0.15) is 5.10 Å². The molecule has 0 unspecified atom stereocenters. The Kier molecular flexibility index (Phi) is 6.84. The third-order valence-corrected chi connectivity index (χ3v) is 4.54. The van der Waals surface area contributed by atoms with Crippen molar-refractivity contribution in [2.24, 2.45) is 0 Å². The van der Waals surface area contributed by atoms with Crippen LogP contribution >= 0.6 is 11.6 Å². The maximum absolute atomic E-state index is 12.4. The van der Waals surface area contributed by atoms with Crippen LogP contribution in [0.2, 0.25) is 5.02 Å². The van der Waals surface area contributed by atoms with Crippen LogP contribution in [0.15, 0.2) is 24.3 Å². The van der Waals surface area contributed by atoms with Gasteiger partial charge in [0.15, 0.2) is 0 Å². The van der Waals surface area contributed by atoms with Gasteiger partial charge in [-0.1, -0.05) is 29.8 Å². The van der Waals surface area contributed by atoms with Crippen LogP contribution < -0.4 is 5.32 Å². The topological polar surface area (TPSA) is 59.4 Å². The molecule has 0 atom stereocenters. The van der Waals surface area contributed by atoms with E-state index in [-0.39, 0.29) is 6.03 Å². The lowest BCUT2D eigenvalue weighted by molar-refractivity contribution is 0.182. The molecule has 0 spiro atoms. The molecule has 1 N–H and O–H groups in total. The number of hydrogen-bond acceptors (Lipinski definition) is 3. The summed E-state index contributed by atoms with van der Waals surface area (Å²) >= 11 is 6.15. The van der Waals surface area contributed by atoms with E-state index in [0.29, 0.717) is 31.3 Å². The Morgan fingerprint density at radius 1 is 1.36 bits per heavy atom. The van der Waals surface area contributed by atoms with Crippen molar-refractivity contribution in [2.45, 2.75) is 33.5 Å². The molecule has 2 aromatic rings. The maximum Gasteiger partial charge on any atom is 0.317 e. The Morgan fingerprint density at radius 3 is 2.76 bits per heavy atom. The van der Waals surface area contributed by atoms with Crippen molar-refractivity contribution < 1.29 is 9.53 Å². The van der Waals surface area contributed by atoms with Gasteiger partial charge in [0.2, 0.25) is 0 Å². The number of amides is 2. The fraction of sp³-hybridized carbons (Fsp3) is 0.444. The SMILES string of the molecule is COCCn1nc(C)c(CNC(=O)N(C)Cc2ccccc2Cl)c1C. The highest BCUT2D eigenvalue weighted by Gasteiger charge is 2.15. The van der Waals surface area contributed by atoms with Crippen LogP contribution in [0.1, 0.15) is 22.5 Å². The summed E-state index contributed by atoms with van der Waals surface area (Å²) in [7, 11) is 3.42. The minimum absolute atomic E-state index is 0.150. The number of halogens is 1. The summed E-state index contributed by atoms with van der Waals surface area (Å²) in [5.41, 5.74) is 3.92. The number of ether oxygens (including phenoxy) is 1. The van der Waals surface area contributed by atoms with Gasteiger partial charge in [-0.25, -0.2) is 4.79 Å². The van der Waals surface area contributed by atoms with Gasteiger partial charge in [0.1, 0.15) is 0 Å². The average molecular weight is 365 g/mol. The molecule has 0 fully saturated rings. The van der Waals surface area contributed by atoms with Crippen LogP contribution in [-0.4, -0.2) is 41.5 Å². The van der Waals surface area contributed by atoms with Crippen LogP contribution in [0, 0.1) is 13.8 Å². The van der Waals surface area contributed by atoms with Crippen LogP contribution in [0.4, 0.5) is 4.79 Å². The molecule has 1 heterocycles. The second-order valence-corrected chi connectivity index (χ2v) is 6.38. The summed E-state index contributed by atoms with van der Waals surface area (Å²) in [6.45, 7) is 6.15. The molecule has 0 radical (unpaired) electrons. The van der Waals surface area contributed by atoms with E-state index in [1.807, 2.05) is 42.8 Å². The van der Waals surface area contributed by atoms with E-state index < -0.39 is 0 Å². The number of benzene rings is 1. The number of nitrogens with zero attached hydrogens (tertiary/aromatic N) is 3. The fourth-order valence-electron chi connectivity index (χ4n) is 2.64. The molecule has 2 rings (SSSR count). The van der Waals surface area contributed by atoms with Crippen molar-refractivity contribution in [3.8, 4) is 0 Å². The van der Waals surface area contributed by atoms with Gasteiger partial charge >= 0.3 is 6.03 Å². The Hall–Kier alpha value is -2.05. The normalized spacial score (nSPS) is 10.8. The molecular weight excluding hydrogens is 340 g/mol. The lowest BCUT2D eigenvalue weighted by atomic mass is 10.2. The fourth-order valence-corrected chi connectivity index (χ4v) is 2.83.